The summed E-state index contributed by atoms with van der Waals surface area (Å²) in [6, 6.07) is 9.40. The van der Waals surface area contributed by atoms with Crippen molar-refractivity contribution in [3.63, 3.8) is 0 Å². The first-order chi connectivity index (χ1) is 18.2. The lowest BCUT2D eigenvalue weighted by molar-refractivity contribution is -0.277. The van der Waals surface area contributed by atoms with E-state index in [0.29, 0.717) is 11.1 Å². The number of aromatic hydroxyl groups is 1. The van der Waals surface area contributed by atoms with Crippen LogP contribution in [0, 0.1) is 11.8 Å². The molecule has 7 N–H and O–H groups in total. The lowest BCUT2D eigenvalue weighted by Crippen LogP contribution is -2.60. The van der Waals surface area contributed by atoms with Crippen molar-refractivity contribution in [2.75, 3.05) is 34.0 Å². The molecule has 2 aromatic rings. The van der Waals surface area contributed by atoms with Gasteiger partial charge in [0.15, 0.2) is 23.0 Å². The summed E-state index contributed by atoms with van der Waals surface area (Å²) in [6.45, 7) is -0.703. The zero-order chi connectivity index (χ0) is 27.6. The van der Waals surface area contributed by atoms with Crippen molar-refractivity contribution in [1.82, 2.24) is 0 Å². The number of aliphatic hydroxyl groups is 6. The highest BCUT2D eigenvalue weighted by molar-refractivity contribution is 5.45. The first-order valence-corrected chi connectivity index (χ1v) is 12.2. The lowest BCUT2D eigenvalue weighted by Gasteiger charge is -2.39. The van der Waals surface area contributed by atoms with Crippen LogP contribution < -0.4 is 14.2 Å². The van der Waals surface area contributed by atoms with Crippen molar-refractivity contribution in [3.8, 4) is 23.0 Å². The molecular weight excluding hydrogens is 504 g/mol. The molecule has 38 heavy (non-hydrogen) atoms. The zero-order valence-electron chi connectivity index (χ0n) is 21.0. The molecule has 0 saturated carbocycles. The molecule has 210 valence electrons. The molecule has 12 nitrogen and oxygen atoms in total. The summed E-state index contributed by atoms with van der Waals surface area (Å²) in [5.74, 6) is -0.376. The minimum absolute atomic E-state index is 0.0548. The highest BCUT2D eigenvalue weighted by Crippen LogP contribution is 2.46. The maximum absolute atomic E-state index is 11.1. The molecule has 2 aromatic carbocycles. The zero-order valence-corrected chi connectivity index (χ0v) is 21.0. The van der Waals surface area contributed by atoms with Gasteiger partial charge in [0.2, 0.25) is 6.29 Å². The summed E-state index contributed by atoms with van der Waals surface area (Å²) in [6.07, 6.45) is -8.80. The number of rotatable bonds is 9. The molecule has 2 fully saturated rings. The quantitative estimate of drug-likeness (QED) is 0.220. The summed E-state index contributed by atoms with van der Waals surface area (Å²) < 4.78 is 27.7. The normalized spacial score (nSPS) is 32.1. The van der Waals surface area contributed by atoms with Gasteiger partial charge in [-0.1, -0.05) is 12.1 Å². The van der Waals surface area contributed by atoms with E-state index in [2.05, 4.69) is 0 Å². The Morgan fingerprint density at radius 1 is 0.895 bits per heavy atom. The first-order valence-electron chi connectivity index (χ1n) is 12.2. The van der Waals surface area contributed by atoms with Gasteiger partial charge in [0, 0.05) is 18.4 Å². The van der Waals surface area contributed by atoms with E-state index in [4.69, 9.17) is 23.7 Å². The Labute approximate surface area is 219 Å². The monoisotopic (exact) mass is 538 g/mol. The minimum atomic E-state index is -1.59. The molecule has 12 heteroatoms. The largest absolute Gasteiger partial charge is 0.504 e. The second kappa shape index (κ2) is 12.0. The topological polar surface area (TPSA) is 188 Å². The van der Waals surface area contributed by atoms with Gasteiger partial charge in [-0.2, -0.15) is 0 Å². The van der Waals surface area contributed by atoms with Crippen molar-refractivity contribution < 1.29 is 59.4 Å². The molecule has 0 radical (unpaired) electrons. The van der Waals surface area contributed by atoms with Gasteiger partial charge in [0.05, 0.1) is 39.6 Å². The van der Waals surface area contributed by atoms with Crippen LogP contribution in [-0.2, 0) is 9.47 Å². The van der Waals surface area contributed by atoms with E-state index < -0.39 is 61.4 Å². The molecule has 0 unspecified atom stereocenters. The van der Waals surface area contributed by atoms with Crippen LogP contribution in [0.15, 0.2) is 36.4 Å². The van der Waals surface area contributed by atoms with Gasteiger partial charge in [0.1, 0.15) is 24.4 Å². The SMILES string of the molecule is COc1cc([C@@H](O)[C@@H]2CO[C@H](c3ccc(O[C@H]4O[C@@H](CO)[C@@H](O)[C@@H](O)[C@H]4O)c(OC)c3)[C@@H]2CO)ccc1O. The van der Waals surface area contributed by atoms with E-state index in [9.17, 15) is 35.7 Å². The van der Waals surface area contributed by atoms with Crippen LogP contribution in [0.2, 0.25) is 0 Å². The van der Waals surface area contributed by atoms with Crippen LogP contribution in [-0.4, -0.2) is 100 Å². The van der Waals surface area contributed by atoms with Crippen LogP contribution in [0.3, 0.4) is 0 Å². The number of ether oxygens (including phenoxy) is 5. The molecule has 2 aliphatic rings. The number of aliphatic hydroxyl groups excluding tert-OH is 6. The van der Waals surface area contributed by atoms with E-state index >= 15 is 0 Å². The molecule has 0 spiro atoms. The summed E-state index contributed by atoms with van der Waals surface area (Å²) in [7, 11) is 2.82. The summed E-state index contributed by atoms with van der Waals surface area (Å²) in [4.78, 5) is 0. The highest BCUT2D eigenvalue weighted by atomic mass is 16.7. The Hall–Kier alpha value is -2.68. The lowest BCUT2D eigenvalue weighted by atomic mass is 9.82. The maximum atomic E-state index is 11.1. The molecule has 4 rings (SSSR count). The van der Waals surface area contributed by atoms with E-state index in [0.717, 1.165) is 0 Å². The number of phenolic OH excluding ortho intramolecular Hbond substituents is 1. The van der Waals surface area contributed by atoms with E-state index in [1.807, 2.05) is 0 Å². The minimum Gasteiger partial charge on any atom is -0.504 e. The fourth-order valence-electron chi connectivity index (χ4n) is 4.96. The van der Waals surface area contributed by atoms with Gasteiger partial charge in [0.25, 0.3) is 0 Å². The van der Waals surface area contributed by atoms with Gasteiger partial charge < -0.3 is 59.4 Å². The van der Waals surface area contributed by atoms with Crippen molar-refractivity contribution in [2.24, 2.45) is 11.8 Å². The smallest absolute Gasteiger partial charge is 0.229 e. The average molecular weight is 539 g/mol. The van der Waals surface area contributed by atoms with Crippen LogP contribution in [0.25, 0.3) is 0 Å². The summed E-state index contributed by atoms with van der Waals surface area (Å²) in [5.41, 5.74) is 1.15. The van der Waals surface area contributed by atoms with E-state index in [1.165, 1.54) is 26.4 Å². The predicted octanol–water partition coefficient (Wildman–Crippen LogP) is -0.382. The van der Waals surface area contributed by atoms with Gasteiger partial charge in [-0.15, -0.1) is 0 Å². The van der Waals surface area contributed by atoms with Gasteiger partial charge in [-0.25, -0.2) is 0 Å². The van der Waals surface area contributed by atoms with Gasteiger partial charge >= 0.3 is 0 Å². The average Bonchev–Trinajstić information content (AvgIpc) is 3.37. The molecular formula is C26H34O12. The third-order valence-corrected chi connectivity index (χ3v) is 7.18. The maximum Gasteiger partial charge on any atom is 0.229 e. The van der Waals surface area contributed by atoms with Crippen LogP contribution in [0.4, 0.5) is 0 Å². The fraction of sp³-hybridized carbons (Fsp3) is 0.538. The van der Waals surface area contributed by atoms with E-state index in [-0.39, 0.29) is 36.2 Å². The summed E-state index contributed by atoms with van der Waals surface area (Å²) in [5, 5.41) is 70.8. The summed E-state index contributed by atoms with van der Waals surface area (Å²) >= 11 is 0. The predicted molar refractivity (Wildman–Crippen MR) is 130 cm³/mol. The fourth-order valence-corrected chi connectivity index (χ4v) is 4.96. The third kappa shape index (κ3) is 5.40. The number of phenols is 1. The molecule has 2 saturated heterocycles. The highest BCUT2D eigenvalue weighted by Gasteiger charge is 2.45. The van der Waals surface area contributed by atoms with Crippen LogP contribution in [0.5, 0.6) is 23.0 Å². The van der Waals surface area contributed by atoms with Crippen molar-refractivity contribution in [3.05, 3.63) is 47.5 Å². The number of hydrogen-bond donors (Lipinski definition) is 7. The van der Waals surface area contributed by atoms with Gasteiger partial charge in [-0.05, 0) is 35.4 Å². The molecule has 2 aliphatic heterocycles. The Bertz CT molecular complexity index is 1080. The Morgan fingerprint density at radius 3 is 2.29 bits per heavy atom. The molecule has 9 atom stereocenters. The number of benzene rings is 2. The van der Waals surface area contributed by atoms with Crippen molar-refractivity contribution in [2.45, 2.75) is 42.9 Å². The van der Waals surface area contributed by atoms with Crippen molar-refractivity contribution >= 4 is 0 Å². The van der Waals surface area contributed by atoms with Crippen LogP contribution in [0.1, 0.15) is 23.3 Å². The third-order valence-electron chi connectivity index (χ3n) is 7.18. The molecule has 0 bridgehead atoms. The molecule has 0 aliphatic carbocycles. The standard InChI is InChI=1S/C26H34O12/c1-34-18-7-12(3-5-16(18)29)21(30)15-11-36-25(14(15)9-27)13-4-6-17(19(8-13)35-2)37-26-24(33)23(32)22(31)20(10-28)38-26/h3-8,14-15,20-33H,9-11H2,1-2H3/t14-,15-,20+,21-,22-,23-,24-,25-,26+/m1/s1. The second-order valence-electron chi connectivity index (χ2n) is 9.37. The number of hydrogen-bond acceptors (Lipinski definition) is 12. The molecule has 0 amide bonds. The molecule has 0 aromatic heterocycles. The Morgan fingerprint density at radius 2 is 1.63 bits per heavy atom. The van der Waals surface area contributed by atoms with E-state index in [1.54, 1.807) is 24.3 Å². The number of methoxy groups -OCH3 is 2. The van der Waals surface area contributed by atoms with Crippen LogP contribution >= 0.6 is 0 Å². The second-order valence-corrected chi connectivity index (χ2v) is 9.37. The Kier molecular flexibility index (Phi) is 8.96. The van der Waals surface area contributed by atoms with Crippen molar-refractivity contribution in [1.29, 1.82) is 0 Å². The first kappa shape index (κ1) is 28.3. The Balaban J connectivity index is 1.52. The van der Waals surface area contributed by atoms with Gasteiger partial charge in [-0.3, -0.25) is 0 Å². The molecule has 2 heterocycles.